The minimum absolute atomic E-state index is 0.000279. The summed E-state index contributed by atoms with van der Waals surface area (Å²) in [6.07, 6.45) is 3.84. The summed E-state index contributed by atoms with van der Waals surface area (Å²) in [7, 11) is 1.67. The zero-order chi connectivity index (χ0) is 19.1. The van der Waals surface area contributed by atoms with Gasteiger partial charge >= 0.3 is 0 Å². The maximum absolute atomic E-state index is 10.1. The topological polar surface area (TPSA) is 38.7 Å². The molecular weight excluding hydrogens is 312 g/mol. The Bertz CT molecular complexity index is 511. The molecule has 2 atom stereocenters. The molecule has 0 aliphatic heterocycles. The second kappa shape index (κ2) is 9.40. The van der Waals surface area contributed by atoms with Gasteiger partial charge < -0.3 is 14.6 Å². The Balaban J connectivity index is 2.71. The fourth-order valence-corrected chi connectivity index (χ4v) is 3.03. The van der Waals surface area contributed by atoms with Crippen LogP contribution in [0.15, 0.2) is 36.9 Å². The maximum Gasteiger partial charge on any atom is 0.118 e. The van der Waals surface area contributed by atoms with Gasteiger partial charge in [0.2, 0.25) is 0 Å². The highest BCUT2D eigenvalue weighted by Gasteiger charge is 2.33. The molecule has 1 aromatic carbocycles. The lowest BCUT2D eigenvalue weighted by molar-refractivity contribution is -0.0578. The van der Waals surface area contributed by atoms with Crippen molar-refractivity contribution in [3.05, 3.63) is 42.5 Å². The van der Waals surface area contributed by atoms with Crippen LogP contribution in [0.25, 0.3) is 0 Å². The number of methoxy groups -OCH3 is 1. The normalized spacial score (nSPS) is 14.8. The van der Waals surface area contributed by atoms with Crippen molar-refractivity contribution in [1.82, 2.24) is 0 Å². The van der Waals surface area contributed by atoms with E-state index in [0.717, 1.165) is 24.2 Å². The van der Waals surface area contributed by atoms with Crippen molar-refractivity contribution in [1.29, 1.82) is 0 Å². The number of ether oxygens (including phenoxy) is 2. The Hall–Kier alpha value is -1.32. The Morgan fingerprint density at radius 2 is 1.68 bits per heavy atom. The van der Waals surface area contributed by atoms with Crippen LogP contribution in [0.3, 0.4) is 0 Å². The molecule has 2 unspecified atom stereocenters. The number of aliphatic hydroxyl groups excluding tert-OH is 1. The van der Waals surface area contributed by atoms with Crippen LogP contribution in [0.2, 0.25) is 0 Å². The number of aliphatic hydroxyl groups is 1. The van der Waals surface area contributed by atoms with Gasteiger partial charge in [0.05, 0.1) is 25.9 Å². The molecule has 0 heterocycles. The predicted octanol–water partition coefficient (Wildman–Crippen LogP) is 5.37. The average molecular weight is 349 g/mol. The van der Waals surface area contributed by atoms with E-state index in [-0.39, 0.29) is 23.0 Å². The SMILES string of the molecule is C=CCC(O)CC(C)(C)CC(OCc1ccc(OC)cc1)C(C)(C)C. The van der Waals surface area contributed by atoms with E-state index >= 15 is 0 Å². The molecule has 1 aromatic rings. The van der Waals surface area contributed by atoms with E-state index in [2.05, 4.69) is 41.2 Å². The van der Waals surface area contributed by atoms with Crippen molar-refractivity contribution in [2.45, 2.75) is 72.7 Å². The van der Waals surface area contributed by atoms with Crippen LogP contribution in [0.1, 0.15) is 59.4 Å². The lowest BCUT2D eigenvalue weighted by Crippen LogP contribution is -2.35. The summed E-state index contributed by atoms with van der Waals surface area (Å²) in [5.74, 6) is 0.855. The van der Waals surface area contributed by atoms with Crippen LogP contribution in [0, 0.1) is 10.8 Å². The molecule has 0 aliphatic carbocycles. The summed E-state index contributed by atoms with van der Waals surface area (Å²) < 4.78 is 11.5. The van der Waals surface area contributed by atoms with Crippen molar-refractivity contribution in [3.63, 3.8) is 0 Å². The third kappa shape index (κ3) is 8.06. The molecule has 1 rings (SSSR count). The zero-order valence-corrected chi connectivity index (χ0v) is 16.8. The summed E-state index contributed by atoms with van der Waals surface area (Å²) in [6.45, 7) is 15.3. The molecule has 0 aromatic heterocycles. The third-order valence-corrected chi connectivity index (χ3v) is 4.54. The molecular formula is C22H36O3. The van der Waals surface area contributed by atoms with Crippen LogP contribution in [0.5, 0.6) is 5.75 Å². The number of rotatable bonds is 10. The van der Waals surface area contributed by atoms with Crippen LogP contribution in [-0.2, 0) is 11.3 Å². The van der Waals surface area contributed by atoms with Crippen LogP contribution in [-0.4, -0.2) is 24.4 Å². The van der Waals surface area contributed by atoms with Gasteiger partial charge in [0.25, 0.3) is 0 Å². The van der Waals surface area contributed by atoms with E-state index in [9.17, 15) is 5.11 Å². The Morgan fingerprint density at radius 1 is 1.08 bits per heavy atom. The smallest absolute Gasteiger partial charge is 0.118 e. The highest BCUT2D eigenvalue weighted by atomic mass is 16.5. The molecule has 0 saturated carbocycles. The quantitative estimate of drug-likeness (QED) is 0.578. The first-order chi connectivity index (χ1) is 11.6. The fraction of sp³-hybridized carbons (Fsp3) is 0.636. The van der Waals surface area contributed by atoms with E-state index < -0.39 is 0 Å². The van der Waals surface area contributed by atoms with Gasteiger partial charge in [0.1, 0.15) is 5.75 Å². The molecule has 0 amide bonds. The number of benzene rings is 1. The van der Waals surface area contributed by atoms with Gasteiger partial charge in [-0.25, -0.2) is 0 Å². The van der Waals surface area contributed by atoms with E-state index in [1.165, 1.54) is 0 Å². The lowest BCUT2D eigenvalue weighted by atomic mass is 9.74. The lowest BCUT2D eigenvalue weighted by Gasteiger charge is -2.38. The van der Waals surface area contributed by atoms with E-state index in [1.807, 2.05) is 24.3 Å². The minimum Gasteiger partial charge on any atom is -0.497 e. The van der Waals surface area contributed by atoms with Crippen LogP contribution in [0.4, 0.5) is 0 Å². The molecule has 0 aliphatic rings. The van der Waals surface area contributed by atoms with Crippen LogP contribution >= 0.6 is 0 Å². The fourth-order valence-electron chi connectivity index (χ4n) is 3.03. The first kappa shape index (κ1) is 21.7. The summed E-state index contributed by atoms with van der Waals surface area (Å²) in [5, 5.41) is 10.1. The molecule has 3 nitrogen and oxygen atoms in total. The standard InChI is InChI=1S/C22H36O3/c1-8-9-18(23)14-22(5,6)15-20(21(2,3)4)25-16-17-10-12-19(24-7)13-11-17/h8,10-13,18,20,23H,1,9,14-16H2,2-7H3. The number of hydrogen-bond donors (Lipinski definition) is 1. The molecule has 0 saturated heterocycles. The average Bonchev–Trinajstić information content (AvgIpc) is 2.50. The third-order valence-electron chi connectivity index (χ3n) is 4.54. The van der Waals surface area contributed by atoms with Crippen LogP contribution < -0.4 is 4.74 Å². The molecule has 0 radical (unpaired) electrons. The highest BCUT2D eigenvalue weighted by Crippen LogP contribution is 2.37. The Kier molecular flexibility index (Phi) is 8.17. The van der Waals surface area contributed by atoms with Gasteiger partial charge in [0, 0.05) is 0 Å². The second-order valence-electron chi connectivity index (χ2n) is 8.76. The van der Waals surface area contributed by atoms with Gasteiger partial charge in [0.15, 0.2) is 0 Å². The van der Waals surface area contributed by atoms with Gasteiger partial charge in [-0.1, -0.05) is 52.8 Å². The minimum atomic E-state index is -0.338. The largest absolute Gasteiger partial charge is 0.497 e. The summed E-state index contributed by atoms with van der Waals surface area (Å²) in [5.41, 5.74) is 1.17. The second-order valence-corrected chi connectivity index (χ2v) is 8.76. The molecule has 25 heavy (non-hydrogen) atoms. The van der Waals surface area contributed by atoms with Crippen molar-refractivity contribution in [2.75, 3.05) is 7.11 Å². The van der Waals surface area contributed by atoms with Crippen molar-refractivity contribution in [2.24, 2.45) is 10.8 Å². The summed E-state index contributed by atoms with van der Waals surface area (Å²) in [4.78, 5) is 0. The summed E-state index contributed by atoms with van der Waals surface area (Å²) >= 11 is 0. The molecule has 0 bridgehead atoms. The maximum atomic E-state index is 10.1. The molecule has 0 fully saturated rings. The Labute approximate surface area is 154 Å². The number of hydrogen-bond acceptors (Lipinski definition) is 3. The first-order valence-corrected chi connectivity index (χ1v) is 9.11. The van der Waals surface area contributed by atoms with Crippen molar-refractivity contribution >= 4 is 0 Å². The Morgan fingerprint density at radius 3 is 2.16 bits per heavy atom. The van der Waals surface area contributed by atoms with Gasteiger partial charge in [-0.3, -0.25) is 0 Å². The molecule has 0 spiro atoms. The zero-order valence-electron chi connectivity index (χ0n) is 16.8. The van der Waals surface area contributed by atoms with E-state index in [0.29, 0.717) is 13.0 Å². The highest BCUT2D eigenvalue weighted by molar-refractivity contribution is 5.26. The van der Waals surface area contributed by atoms with E-state index in [1.54, 1.807) is 13.2 Å². The van der Waals surface area contributed by atoms with Crippen molar-refractivity contribution in [3.8, 4) is 5.75 Å². The summed E-state index contributed by atoms with van der Waals surface area (Å²) in [6, 6.07) is 8.00. The van der Waals surface area contributed by atoms with E-state index in [4.69, 9.17) is 9.47 Å². The monoisotopic (exact) mass is 348 g/mol. The predicted molar refractivity (Wildman–Crippen MR) is 105 cm³/mol. The van der Waals surface area contributed by atoms with Gasteiger partial charge in [-0.05, 0) is 47.8 Å². The first-order valence-electron chi connectivity index (χ1n) is 9.11. The molecule has 3 heteroatoms. The van der Waals surface area contributed by atoms with Crippen molar-refractivity contribution < 1.29 is 14.6 Å². The van der Waals surface area contributed by atoms with Gasteiger partial charge in [-0.2, -0.15) is 0 Å². The molecule has 142 valence electrons. The molecule has 1 N–H and O–H groups in total. The van der Waals surface area contributed by atoms with Gasteiger partial charge in [-0.15, -0.1) is 6.58 Å².